The zero-order valence-electron chi connectivity index (χ0n) is 10.2. The summed E-state index contributed by atoms with van der Waals surface area (Å²) in [4.78, 5) is 17.4. The summed E-state index contributed by atoms with van der Waals surface area (Å²) >= 11 is 0. The Hall–Kier alpha value is -2.37. The summed E-state index contributed by atoms with van der Waals surface area (Å²) in [7, 11) is 1.69. The summed E-state index contributed by atoms with van der Waals surface area (Å²) in [5.74, 6) is -0.215. The maximum atomic E-state index is 12.1. The number of amides is 1. The summed E-state index contributed by atoms with van der Waals surface area (Å²) in [6.07, 6.45) is 4.41. The van der Waals surface area contributed by atoms with E-state index in [1.807, 2.05) is 6.92 Å². The van der Waals surface area contributed by atoms with Gasteiger partial charge in [-0.1, -0.05) is 0 Å². The minimum Gasteiger partial charge on any atom is -0.506 e. The van der Waals surface area contributed by atoms with Crippen molar-refractivity contribution < 1.29 is 9.90 Å². The molecule has 18 heavy (non-hydrogen) atoms. The first-order valence-corrected chi connectivity index (χ1v) is 5.46. The van der Waals surface area contributed by atoms with Crippen molar-refractivity contribution in [3.05, 3.63) is 41.5 Å². The van der Waals surface area contributed by atoms with Crippen LogP contribution in [-0.4, -0.2) is 38.1 Å². The average molecular weight is 246 g/mol. The number of aryl methyl sites for hydroxylation is 1. The molecule has 0 aliphatic rings. The molecule has 1 amide bonds. The molecular weight excluding hydrogens is 232 g/mol. The lowest BCUT2D eigenvalue weighted by Crippen LogP contribution is -2.26. The van der Waals surface area contributed by atoms with Gasteiger partial charge >= 0.3 is 0 Å². The Morgan fingerprint density at radius 1 is 1.44 bits per heavy atom. The predicted molar refractivity (Wildman–Crippen MR) is 65.0 cm³/mol. The van der Waals surface area contributed by atoms with E-state index in [2.05, 4.69) is 15.2 Å². The number of nitrogens with one attached hydrogen (secondary N) is 1. The number of hydrogen-bond donors (Lipinski definition) is 2. The number of hydrogen-bond acceptors (Lipinski definition) is 4. The number of H-pyrrole nitrogens is 1. The Morgan fingerprint density at radius 2 is 2.22 bits per heavy atom. The molecule has 2 N–H and O–H groups in total. The molecule has 0 spiro atoms. The maximum Gasteiger partial charge on any atom is 0.255 e. The highest BCUT2D eigenvalue weighted by Crippen LogP contribution is 2.13. The van der Waals surface area contributed by atoms with E-state index in [9.17, 15) is 9.90 Å². The van der Waals surface area contributed by atoms with Crippen LogP contribution in [0.5, 0.6) is 5.75 Å². The van der Waals surface area contributed by atoms with Crippen molar-refractivity contribution in [1.82, 2.24) is 20.1 Å². The van der Waals surface area contributed by atoms with Gasteiger partial charge in [-0.2, -0.15) is 5.10 Å². The monoisotopic (exact) mass is 246 g/mol. The average Bonchev–Trinajstić information content (AvgIpc) is 2.74. The molecule has 6 nitrogen and oxygen atoms in total. The first-order valence-electron chi connectivity index (χ1n) is 5.46. The van der Waals surface area contributed by atoms with Crippen molar-refractivity contribution in [2.45, 2.75) is 13.5 Å². The lowest BCUT2D eigenvalue weighted by atomic mass is 10.2. The Bertz CT molecular complexity index is 565. The van der Waals surface area contributed by atoms with Gasteiger partial charge in [-0.15, -0.1) is 0 Å². The molecule has 0 bridgehead atoms. The second kappa shape index (κ2) is 4.87. The van der Waals surface area contributed by atoms with Crippen molar-refractivity contribution in [3.8, 4) is 5.75 Å². The summed E-state index contributed by atoms with van der Waals surface area (Å²) in [6, 6.07) is 1.40. The minimum absolute atomic E-state index is 0.0197. The van der Waals surface area contributed by atoms with Gasteiger partial charge < -0.3 is 10.0 Å². The number of aromatic nitrogens is 3. The summed E-state index contributed by atoms with van der Waals surface area (Å²) in [6.45, 7) is 2.35. The SMILES string of the molecule is Cc1[nH]ncc1CN(C)C(=O)c1cncc(O)c1. The van der Waals surface area contributed by atoms with Crippen LogP contribution in [0.3, 0.4) is 0 Å². The fraction of sp³-hybridized carbons (Fsp3) is 0.250. The molecule has 0 aliphatic heterocycles. The lowest BCUT2D eigenvalue weighted by Gasteiger charge is -2.16. The molecule has 0 saturated carbocycles. The molecule has 2 heterocycles. The van der Waals surface area contributed by atoms with Crippen LogP contribution in [0, 0.1) is 6.92 Å². The van der Waals surface area contributed by atoms with Crippen LogP contribution >= 0.6 is 0 Å². The number of rotatable bonds is 3. The Labute approximate surface area is 104 Å². The van der Waals surface area contributed by atoms with E-state index >= 15 is 0 Å². The number of carbonyl (C=O) groups excluding carboxylic acids is 1. The third-order valence-corrected chi connectivity index (χ3v) is 2.66. The molecule has 2 aromatic rings. The van der Waals surface area contributed by atoms with Gasteiger partial charge in [-0.3, -0.25) is 14.9 Å². The number of pyridine rings is 1. The standard InChI is InChI=1S/C12H14N4O2/c1-8-10(5-14-15-8)7-16(2)12(18)9-3-11(17)6-13-4-9/h3-6,17H,7H2,1-2H3,(H,14,15). The molecule has 2 rings (SSSR count). The molecule has 0 aromatic carbocycles. The highest BCUT2D eigenvalue weighted by Gasteiger charge is 2.14. The zero-order chi connectivity index (χ0) is 13.1. The second-order valence-corrected chi connectivity index (χ2v) is 4.11. The maximum absolute atomic E-state index is 12.1. The summed E-state index contributed by atoms with van der Waals surface area (Å²) in [5.41, 5.74) is 2.25. The molecule has 0 unspecified atom stereocenters. The normalized spacial score (nSPS) is 10.3. The van der Waals surface area contributed by atoms with Gasteiger partial charge in [0.15, 0.2) is 0 Å². The first kappa shape index (κ1) is 12.1. The Balaban J connectivity index is 2.12. The Morgan fingerprint density at radius 3 is 2.83 bits per heavy atom. The number of nitrogens with zero attached hydrogens (tertiary/aromatic N) is 3. The first-order chi connectivity index (χ1) is 8.58. The largest absolute Gasteiger partial charge is 0.506 e. The number of carbonyl (C=O) groups is 1. The van der Waals surface area contributed by atoms with Crippen LogP contribution in [0.25, 0.3) is 0 Å². The van der Waals surface area contributed by atoms with Crippen molar-refractivity contribution in [2.24, 2.45) is 0 Å². The fourth-order valence-electron chi connectivity index (χ4n) is 1.63. The van der Waals surface area contributed by atoms with Crippen LogP contribution in [0.15, 0.2) is 24.7 Å². The molecule has 0 radical (unpaired) electrons. The molecule has 0 saturated heterocycles. The smallest absolute Gasteiger partial charge is 0.255 e. The van der Waals surface area contributed by atoms with Crippen molar-refractivity contribution in [1.29, 1.82) is 0 Å². The van der Waals surface area contributed by atoms with Crippen molar-refractivity contribution in [2.75, 3.05) is 7.05 Å². The predicted octanol–water partition coefficient (Wildman–Crippen LogP) is 1.09. The van der Waals surface area contributed by atoms with Gasteiger partial charge in [-0.05, 0) is 13.0 Å². The molecule has 0 aliphatic carbocycles. The Kier molecular flexibility index (Phi) is 3.27. The van der Waals surface area contributed by atoms with Gasteiger partial charge in [0.1, 0.15) is 5.75 Å². The fourth-order valence-corrected chi connectivity index (χ4v) is 1.63. The van der Waals surface area contributed by atoms with E-state index < -0.39 is 0 Å². The van der Waals surface area contributed by atoms with Crippen LogP contribution < -0.4 is 0 Å². The summed E-state index contributed by atoms with van der Waals surface area (Å²) < 4.78 is 0. The van der Waals surface area contributed by atoms with E-state index in [0.717, 1.165) is 11.3 Å². The van der Waals surface area contributed by atoms with Crippen LogP contribution in [0.4, 0.5) is 0 Å². The van der Waals surface area contributed by atoms with Crippen molar-refractivity contribution >= 4 is 5.91 Å². The van der Waals surface area contributed by atoms with E-state index in [1.54, 1.807) is 18.1 Å². The van der Waals surface area contributed by atoms with Gasteiger partial charge in [0.05, 0.1) is 18.0 Å². The van der Waals surface area contributed by atoms with Gasteiger partial charge in [0, 0.05) is 31.0 Å². The number of aromatic amines is 1. The third kappa shape index (κ3) is 2.48. The van der Waals surface area contributed by atoms with Gasteiger partial charge in [-0.25, -0.2) is 0 Å². The second-order valence-electron chi connectivity index (χ2n) is 4.11. The van der Waals surface area contributed by atoms with Crippen molar-refractivity contribution in [3.63, 3.8) is 0 Å². The topological polar surface area (TPSA) is 82.1 Å². The van der Waals surface area contributed by atoms with Crippen LogP contribution in [-0.2, 0) is 6.54 Å². The van der Waals surface area contributed by atoms with Crippen LogP contribution in [0.1, 0.15) is 21.6 Å². The van der Waals surface area contributed by atoms with Crippen LogP contribution in [0.2, 0.25) is 0 Å². The van der Waals surface area contributed by atoms with Gasteiger partial charge in [0.2, 0.25) is 0 Å². The molecular formula is C12H14N4O2. The molecule has 0 fully saturated rings. The van der Waals surface area contributed by atoms with E-state index in [4.69, 9.17) is 0 Å². The highest BCUT2D eigenvalue weighted by molar-refractivity contribution is 5.94. The van der Waals surface area contributed by atoms with Gasteiger partial charge in [0.25, 0.3) is 5.91 Å². The van der Waals surface area contributed by atoms with E-state index in [0.29, 0.717) is 12.1 Å². The van der Waals surface area contributed by atoms with E-state index in [1.165, 1.54) is 18.5 Å². The highest BCUT2D eigenvalue weighted by atomic mass is 16.3. The summed E-state index contributed by atoms with van der Waals surface area (Å²) in [5, 5.41) is 16.0. The zero-order valence-corrected chi connectivity index (χ0v) is 10.2. The quantitative estimate of drug-likeness (QED) is 0.849. The third-order valence-electron chi connectivity index (χ3n) is 2.66. The van der Waals surface area contributed by atoms with E-state index in [-0.39, 0.29) is 11.7 Å². The molecule has 94 valence electrons. The number of aromatic hydroxyl groups is 1. The molecule has 0 atom stereocenters. The lowest BCUT2D eigenvalue weighted by molar-refractivity contribution is 0.0784. The minimum atomic E-state index is -0.195. The molecule has 2 aromatic heterocycles. The molecule has 6 heteroatoms.